The fourth-order valence-electron chi connectivity index (χ4n) is 2.82. The third-order valence-corrected chi connectivity index (χ3v) is 3.86. The van der Waals surface area contributed by atoms with Gasteiger partial charge in [-0.25, -0.2) is 9.66 Å². The Morgan fingerprint density at radius 2 is 2.06 bits per heavy atom. The van der Waals surface area contributed by atoms with Crippen LogP contribution in [0.15, 0.2) is 0 Å². The summed E-state index contributed by atoms with van der Waals surface area (Å²) in [6.45, 7) is 2.68. The van der Waals surface area contributed by atoms with E-state index in [1.807, 2.05) is 0 Å². The Hall–Kier alpha value is -1.23. The van der Waals surface area contributed by atoms with Crippen molar-refractivity contribution in [1.29, 1.82) is 0 Å². The number of nitrogens with two attached hydrogens (primary N) is 2. The van der Waals surface area contributed by atoms with E-state index >= 15 is 0 Å². The van der Waals surface area contributed by atoms with Crippen molar-refractivity contribution in [2.24, 2.45) is 0 Å². The zero-order chi connectivity index (χ0) is 13.1. The molecule has 0 radical (unpaired) electrons. The molecule has 1 atom stereocenters. The second-order valence-electron chi connectivity index (χ2n) is 5.30. The maximum atomic E-state index is 6.06. The normalized spacial score (nSPS) is 19.0. The van der Waals surface area contributed by atoms with Gasteiger partial charge in [0.2, 0.25) is 0 Å². The fourth-order valence-corrected chi connectivity index (χ4v) is 2.82. The third kappa shape index (κ3) is 2.46. The summed E-state index contributed by atoms with van der Waals surface area (Å²) in [5.41, 5.74) is 6.94. The highest BCUT2D eigenvalue weighted by molar-refractivity contribution is 5.41. The molecule has 5 heteroatoms. The molecule has 0 aliphatic heterocycles. The molecule has 1 unspecified atom stereocenters. The second kappa shape index (κ2) is 5.61. The molecular weight excluding hydrogens is 228 g/mol. The summed E-state index contributed by atoms with van der Waals surface area (Å²) in [6.07, 6.45) is 6.20. The average Bonchev–Trinajstić information content (AvgIpc) is 2.68. The second-order valence-corrected chi connectivity index (χ2v) is 5.30. The van der Waals surface area contributed by atoms with Crippen LogP contribution in [0.2, 0.25) is 0 Å². The summed E-state index contributed by atoms with van der Waals surface area (Å²) < 4.78 is 6.74. The summed E-state index contributed by atoms with van der Waals surface area (Å²) in [4.78, 5) is 4.68. The highest BCUT2D eigenvalue weighted by atomic mass is 16.5. The Labute approximate surface area is 108 Å². The van der Waals surface area contributed by atoms with Crippen LogP contribution in [0.1, 0.15) is 62.4 Å². The number of rotatable bonds is 4. The lowest BCUT2D eigenvalue weighted by molar-refractivity contribution is 0.183. The molecule has 0 amide bonds. The van der Waals surface area contributed by atoms with E-state index in [-0.39, 0.29) is 5.92 Å². The number of nitrogens with zero attached hydrogens (tertiary/aromatic N) is 2. The van der Waals surface area contributed by atoms with Gasteiger partial charge in [0.05, 0.1) is 12.3 Å². The van der Waals surface area contributed by atoms with Crippen LogP contribution in [0.4, 0.5) is 5.82 Å². The fraction of sp³-hybridized carbons (Fsp3) is 0.769. The van der Waals surface area contributed by atoms with Crippen molar-refractivity contribution in [3.63, 3.8) is 0 Å². The van der Waals surface area contributed by atoms with Crippen LogP contribution in [0.5, 0.6) is 0 Å². The lowest BCUT2D eigenvalue weighted by atomic mass is 9.89. The Kier molecular flexibility index (Phi) is 4.11. The van der Waals surface area contributed by atoms with Crippen molar-refractivity contribution < 1.29 is 4.74 Å². The SMILES string of the molecule is COCC(C)c1nc(C2CCCCC2)n(N)c1N. The zero-order valence-corrected chi connectivity index (χ0v) is 11.4. The van der Waals surface area contributed by atoms with Crippen molar-refractivity contribution in [2.45, 2.75) is 50.9 Å². The number of anilines is 1. The smallest absolute Gasteiger partial charge is 0.146 e. The Bertz CT molecular complexity index is 396. The molecule has 1 aliphatic rings. The van der Waals surface area contributed by atoms with Gasteiger partial charge in [-0.15, -0.1) is 0 Å². The van der Waals surface area contributed by atoms with Gasteiger partial charge >= 0.3 is 0 Å². The molecule has 1 aromatic rings. The molecule has 4 N–H and O–H groups in total. The first-order valence-electron chi connectivity index (χ1n) is 6.77. The number of hydrogen-bond acceptors (Lipinski definition) is 4. The van der Waals surface area contributed by atoms with E-state index in [0.29, 0.717) is 18.3 Å². The van der Waals surface area contributed by atoms with Gasteiger partial charge in [0, 0.05) is 18.9 Å². The van der Waals surface area contributed by atoms with Gasteiger partial charge in [0.25, 0.3) is 0 Å². The predicted octanol–water partition coefficient (Wildman–Crippen LogP) is 1.98. The lowest BCUT2D eigenvalue weighted by Gasteiger charge is -2.20. The topological polar surface area (TPSA) is 79.1 Å². The van der Waals surface area contributed by atoms with E-state index in [2.05, 4.69) is 11.9 Å². The molecule has 0 saturated heterocycles. The minimum Gasteiger partial charge on any atom is -0.384 e. The molecule has 0 bridgehead atoms. The molecular formula is C13H24N4O. The van der Waals surface area contributed by atoms with Gasteiger partial charge in [-0.2, -0.15) is 0 Å². The van der Waals surface area contributed by atoms with Crippen molar-refractivity contribution in [1.82, 2.24) is 9.66 Å². The number of hydrogen-bond donors (Lipinski definition) is 2. The molecule has 102 valence electrons. The van der Waals surface area contributed by atoms with E-state index in [1.165, 1.54) is 32.1 Å². The molecule has 0 aromatic carbocycles. The minimum absolute atomic E-state index is 0.183. The zero-order valence-electron chi connectivity index (χ0n) is 11.4. The van der Waals surface area contributed by atoms with Crippen LogP contribution in [0.3, 0.4) is 0 Å². The Balaban J connectivity index is 2.23. The first kappa shape index (κ1) is 13.2. The monoisotopic (exact) mass is 252 g/mol. The third-order valence-electron chi connectivity index (χ3n) is 3.86. The first-order valence-corrected chi connectivity index (χ1v) is 6.77. The first-order chi connectivity index (χ1) is 8.65. The van der Waals surface area contributed by atoms with E-state index in [9.17, 15) is 0 Å². The number of nitrogen functional groups attached to an aromatic ring is 2. The van der Waals surface area contributed by atoms with Crippen LogP contribution in [-0.2, 0) is 4.74 Å². The summed E-state index contributed by atoms with van der Waals surface area (Å²) in [5.74, 6) is 8.24. The van der Waals surface area contributed by atoms with Gasteiger partial charge in [-0.1, -0.05) is 26.2 Å². The largest absolute Gasteiger partial charge is 0.384 e. The molecule has 1 aliphatic carbocycles. The summed E-state index contributed by atoms with van der Waals surface area (Å²) in [5, 5.41) is 0. The maximum Gasteiger partial charge on any atom is 0.146 e. The van der Waals surface area contributed by atoms with Gasteiger partial charge in [-0.05, 0) is 12.8 Å². The van der Waals surface area contributed by atoms with Crippen LogP contribution in [0.25, 0.3) is 0 Å². The summed E-state index contributed by atoms with van der Waals surface area (Å²) in [6, 6.07) is 0. The van der Waals surface area contributed by atoms with E-state index in [1.54, 1.807) is 11.8 Å². The van der Waals surface area contributed by atoms with E-state index < -0.39 is 0 Å². The molecule has 5 nitrogen and oxygen atoms in total. The van der Waals surface area contributed by atoms with E-state index in [4.69, 9.17) is 16.3 Å². The molecule has 2 rings (SSSR count). The standard InChI is InChI=1S/C13H24N4O/c1-9(8-18-2)11-12(14)17(15)13(16-11)10-6-4-3-5-7-10/h9-10H,3-8,14-15H2,1-2H3. The van der Waals surface area contributed by atoms with Crippen molar-refractivity contribution >= 4 is 5.82 Å². The summed E-state index contributed by atoms with van der Waals surface area (Å²) >= 11 is 0. The van der Waals surface area contributed by atoms with Crippen molar-refractivity contribution in [2.75, 3.05) is 25.3 Å². The number of methoxy groups -OCH3 is 1. The van der Waals surface area contributed by atoms with Crippen molar-refractivity contribution in [3.05, 3.63) is 11.5 Å². The van der Waals surface area contributed by atoms with Crippen LogP contribution in [0, 0.1) is 0 Å². The molecule has 1 saturated carbocycles. The number of imidazole rings is 1. The number of aromatic nitrogens is 2. The van der Waals surface area contributed by atoms with E-state index in [0.717, 1.165) is 11.5 Å². The van der Waals surface area contributed by atoms with Crippen LogP contribution < -0.4 is 11.6 Å². The molecule has 0 spiro atoms. The molecule has 1 heterocycles. The average molecular weight is 252 g/mol. The molecule has 1 aromatic heterocycles. The van der Waals surface area contributed by atoms with Gasteiger partial charge in [-0.3, -0.25) is 0 Å². The predicted molar refractivity (Wildman–Crippen MR) is 72.9 cm³/mol. The van der Waals surface area contributed by atoms with Crippen molar-refractivity contribution in [3.8, 4) is 0 Å². The Morgan fingerprint density at radius 3 is 2.67 bits per heavy atom. The van der Waals surface area contributed by atoms with Gasteiger partial charge in [0.15, 0.2) is 0 Å². The lowest BCUT2D eigenvalue weighted by Crippen LogP contribution is -2.19. The maximum absolute atomic E-state index is 6.06. The molecule has 18 heavy (non-hydrogen) atoms. The molecule has 1 fully saturated rings. The van der Waals surface area contributed by atoms with Gasteiger partial charge < -0.3 is 16.3 Å². The number of ether oxygens (including phenoxy) is 1. The highest BCUT2D eigenvalue weighted by Crippen LogP contribution is 2.34. The van der Waals surface area contributed by atoms with Crippen LogP contribution in [-0.4, -0.2) is 23.4 Å². The minimum atomic E-state index is 0.183. The highest BCUT2D eigenvalue weighted by Gasteiger charge is 2.25. The van der Waals surface area contributed by atoms with Crippen LogP contribution >= 0.6 is 0 Å². The quantitative estimate of drug-likeness (QED) is 0.803. The van der Waals surface area contributed by atoms with Gasteiger partial charge in [0.1, 0.15) is 11.6 Å². The Morgan fingerprint density at radius 1 is 1.39 bits per heavy atom. The summed E-state index contributed by atoms with van der Waals surface area (Å²) in [7, 11) is 1.69.